The maximum Gasteiger partial charge on any atom is 0.133 e. The lowest BCUT2D eigenvalue weighted by molar-refractivity contribution is 0.348. The fourth-order valence-corrected chi connectivity index (χ4v) is 3.86. The number of hydrogen-bond donors (Lipinski definition) is 2. The van der Waals surface area contributed by atoms with Gasteiger partial charge in [0.1, 0.15) is 5.75 Å². The molecule has 0 bridgehead atoms. The highest BCUT2D eigenvalue weighted by molar-refractivity contribution is 9.10. The lowest BCUT2D eigenvalue weighted by atomic mass is 9.95. The van der Waals surface area contributed by atoms with Gasteiger partial charge in [0.2, 0.25) is 0 Å². The first-order valence-electron chi connectivity index (χ1n) is 8.60. The van der Waals surface area contributed by atoms with E-state index in [-0.39, 0.29) is 6.04 Å². The second kappa shape index (κ2) is 8.65. The predicted molar refractivity (Wildman–Crippen MR) is 103 cm³/mol. The van der Waals surface area contributed by atoms with Gasteiger partial charge in [-0.3, -0.25) is 0 Å². The van der Waals surface area contributed by atoms with Gasteiger partial charge in [-0.1, -0.05) is 36.4 Å². The highest BCUT2D eigenvalue weighted by atomic mass is 79.9. The molecule has 0 spiro atoms. The van der Waals surface area contributed by atoms with E-state index in [1.807, 2.05) is 6.07 Å². The Morgan fingerprint density at radius 2 is 1.88 bits per heavy atom. The molecule has 0 aromatic heterocycles. The van der Waals surface area contributed by atoms with Gasteiger partial charge in [-0.25, -0.2) is 0 Å². The quantitative estimate of drug-likeness (QED) is 0.779. The van der Waals surface area contributed by atoms with Crippen molar-refractivity contribution >= 4 is 15.9 Å². The van der Waals surface area contributed by atoms with E-state index >= 15 is 0 Å². The molecule has 1 fully saturated rings. The predicted octanol–water partition coefficient (Wildman–Crippen LogP) is 4.14. The summed E-state index contributed by atoms with van der Waals surface area (Å²) in [6.07, 6.45) is 2.50. The van der Waals surface area contributed by atoms with Crippen LogP contribution in [0.15, 0.2) is 53.0 Å². The lowest BCUT2D eigenvalue weighted by Crippen LogP contribution is -2.35. The zero-order valence-corrected chi connectivity index (χ0v) is 15.7. The van der Waals surface area contributed by atoms with Crippen LogP contribution in [-0.4, -0.2) is 26.7 Å². The highest BCUT2D eigenvalue weighted by Gasteiger charge is 2.18. The van der Waals surface area contributed by atoms with Crippen molar-refractivity contribution in [2.75, 3.05) is 26.7 Å². The summed E-state index contributed by atoms with van der Waals surface area (Å²) in [6, 6.07) is 17.2. The zero-order chi connectivity index (χ0) is 16.8. The number of nitrogens with one attached hydrogen (secondary N) is 2. The largest absolute Gasteiger partial charge is 0.496 e. The van der Waals surface area contributed by atoms with E-state index in [2.05, 4.69) is 69.0 Å². The Kier molecular flexibility index (Phi) is 6.30. The van der Waals surface area contributed by atoms with E-state index < -0.39 is 0 Å². The van der Waals surface area contributed by atoms with Crippen LogP contribution in [0.25, 0.3) is 0 Å². The molecule has 1 unspecified atom stereocenters. The first-order valence-corrected chi connectivity index (χ1v) is 9.39. The minimum absolute atomic E-state index is 0.197. The van der Waals surface area contributed by atoms with Crippen LogP contribution >= 0.6 is 15.9 Å². The summed E-state index contributed by atoms with van der Waals surface area (Å²) in [5, 5.41) is 7.24. The van der Waals surface area contributed by atoms with Crippen LogP contribution in [-0.2, 0) is 0 Å². The Morgan fingerprint density at radius 3 is 2.54 bits per heavy atom. The molecule has 0 saturated carbocycles. The molecule has 1 heterocycles. The number of piperidine rings is 1. The molecule has 0 aliphatic carbocycles. The van der Waals surface area contributed by atoms with Crippen LogP contribution in [0.1, 0.15) is 30.0 Å². The van der Waals surface area contributed by atoms with Gasteiger partial charge >= 0.3 is 0 Å². The van der Waals surface area contributed by atoms with Crippen molar-refractivity contribution in [1.29, 1.82) is 0 Å². The maximum absolute atomic E-state index is 5.37. The van der Waals surface area contributed by atoms with Crippen LogP contribution in [0.3, 0.4) is 0 Å². The van der Waals surface area contributed by atoms with Gasteiger partial charge in [0.15, 0.2) is 0 Å². The average molecular weight is 389 g/mol. The van der Waals surface area contributed by atoms with Gasteiger partial charge < -0.3 is 15.4 Å². The van der Waals surface area contributed by atoms with Gasteiger partial charge in [0.05, 0.1) is 17.6 Å². The standard InChI is InChI=1S/C20H25BrN2O/c1-24-19-8-7-17(13-18(19)21)20(16-5-3-2-4-6-16)23-14-15-9-11-22-12-10-15/h2-8,13,15,20,22-23H,9-12,14H2,1H3. The van der Waals surface area contributed by atoms with Gasteiger partial charge in [-0.2, -0.15) is 0 Å². The molecule has 1 aliphatic heterocycles. The summed E-state index contributed by atoms with van der Waals surface area (Å²) in [5.74, 6) is 1.61. The molecule has 2 N–H and O–H groups in total. The molecule has 24 heavy (non-hydrogen) atoms. The van der Waals surface area contributed by atoms with Crippen molar-refractivity contribution in [3.8, 4) is 5.75 Å². The van der Waals surface area contributed by atoms with E-state index in [0.717, 1.165) is 35.8 Å². The number of hydrogen-bond acceptors (Lipinski definition) is 3. The molecule has 128 valence electrons. The lowest BCUT2D eigenvalue weighted by Gasteiger charge is -2.27. The molecule has 4 heteroatoms. The van der Waals surface area contributed by atoms with Crippen LogP contribution < -0.4 is 15.4 Å². The molecule has 1 aliphatic rings. The molecule has 1 atom stereocenters. The Hall–Kier alpha value is -1.36. The molecule has 3 nitrogen and oxygen atoms in total. The Morgan fingerprint density at radius 1 is 1.12 bits per heavy atom. The fourth-order valence-electron chi connectivity index (χ4n) is 3.31. The number of rotatable bonds is 6. The summed E-state index contributed by atoms with van der Waals surface area (Å²) >= 11 is 3.61. The van der Waals surface area contributed by atoms with Crippen molar-refractivity contribution in [2.45, 2.75) is 18.9 Å². The second-order valence-corrected chi connectivity index (χ2v) is 7.19. The van der Waals surface area contributed by atoms with Gasteiger partial charge in [0, 0.05) is 0 Å². The summed E-state index contributed by atoms with van der Waals surface area (Å²) < 4.78 is 6.36. The zero-order valence-electron chi connectivity index (χ0n) is 14.1. The number of ether oxygens (including phenoxy) is 1. The summed E-state index contributed by atoms with van der Waals surface area (Å²) in [4.78, 5) is 0. The molecular formula is C20H25BrN2O. The van der Waals surface area contributed by atoms with Crippen LogP contribution in [0.2, 0.25) is 0 Å². The molecule has 3 rings (SSSR count). The van der Waals surface area contributed by atoms with Crippen LogP contribution in [0.5, 0.6) is 5.75 Å². The van der Waals surface area contributed by atoms with Crippen molar-refractivity contribution in [2.24, 2.45) is 5.92 Å². The third kappa shape index (κ3) is 4.38. The molecular weight excluding hydrogens is 364 g/mol. The topological polar surface area (TPSA) is 33.3 Å². The van der Waals surface area contributed by atoms with E-state index in [1.165, 1.54) is 24.0 Å². The third-order valence-corrected chi connectivity index (χ3v) is 5.33. The Labute approximate surface area is 152 Å². The SMILES string of the molecule is COc1ccc(C(NCC2CCNCC2)c2ccccc2)cc1Br. The normalized spacial score (nSPS) is 16.8. The van der Waals surface area contributed by atoms with E-state index in [4.69, 9.17) is 4.74 Å². The minimum Gasteiger partial charge on any atom is -0.496 e. The first-order chi connectivity index (χ1) is 11.8. The number of methoxy groups -OCH3 is 1. The van der Waals surface area contributed by atoms with Crippen molar-refractivity contribution in [3.63, 3.8) is 0 Å². The van der Waals surface area contributed by atoms with Crippen molar-refractivity contribution in [1.82, 2.24) is 10.6 Å². The molecule has 2 aromatic rings. The van der Waals surface area contributed by atoms with Gasteiger partial charge in [-0.15, -0.1) is 0 Å². The smallest absolute Gasteiger partial charge is 0.133 e. The summed E-state index contributed by atoms with van der Waals surface area (Å²) in [5.41, 5.74) is 2.55. The molecule has 2 aromatic carbocycles. The van der Waals surface area contributed by atoms with Crippen molar-refractivity contribution in [3.05, 3.63) is 64.1 Å². The second-order valence-electron chi connectivity index (χ2n) is 6.34. The molecule has 0 radical (unpaired) electrons. The number of halogens is 1. The Balaban J connectivity index is 1.80. The fraction of sp³-hybridized carbons (Fsp3) is 0.400. The van der Waals surface area contributed by atoms with E-state index in [9.17, 15) is 0 Å². The average Bonchev–Trinajstić information content (AvgIpc) is 2.64. The first kappa shape index (κ1) is 17.5. The van der Waals surface area contributed by atoms with Crippen LogP contribution in [0, 0.1) is 5.92 Å². The maximum atomic E-state index is 5.37. The van der Waals surface area contributed by atoms with Gasteiger partial charge in [0.25, 0.3) is 0 Å². The third-order valence-electron chi connectivity index (χ3n) is 4.71. The summed E-state index contributed by atoms with van der Waals surface area (Å²) in [7, 11) is 1.70. The highest BCUT2D eigenvalue weighted by Crippen LogP contribution is 2.31. The van der Waals surface area contributed by atoms with Gasteiger partial charge in [-0.05, 0) is 77.6 Å². The Bertz CT molecular complexity index is 641. The van der Waals surface area contributed by atoms with E-state index in [0.29, 0.717) is 0 Å². The van der Waals surface area contributed by atoms with E-state index in [1.54, 1.807) is 7.11 Å². The monoisotopic (exact) mass is 388 g/mol. The minimum atomic E-state index is 0.197. The summed E-state index contributed by atoms with van der Waals surface area (Å²) in [6.45, 7) is 3.32. The van der Waals surface area contributed by atoms with Crippen LogP contribution in [0.4, 0.5) is 0 Å². The number of benzene rings is 2. The van der Waals surface area contributed by atoms with Crippen molar-refractivity contribution < 1.29 is 4.74 Å². The molecule has 1 saturated heterocycles. The molecule has 0 amide bonds.